The van der Waals surface area contributed by atoms with Gasteiger partial charge in [0.25, 0.3) is 5.91 Å². The van der Waals surface area contributed by atoms with Crippen molar-refractivity contribution in [1.82, 2.24) is 14.9 Å². The predicted molar refractivity (Wildman–Crippen MR) is 138 cm³/mol. The van der Waals surface area contributed by atoms with E-state index in [0.29, 0.717) is 17.1 Å². The molecule has 0 radical (unpaired) electrons. The van der Waals surface area contributed by atoms with Crippen LogP contribution in [0.1, 0.15) is 73.7 Å². The van der Waals surface area contributed by atoms with E-state index in [1.165, 1.54) is 12.1 Å². The van der Waals surface area contributed by atoms with Crippen molar-refractivity contribution in [3.63, 3.8) is 0 Å². The molecule has 0 aliphatic carbocycles. The van der Waals surface area contributed by atoms with Crippen LogP contribution in [0.4, 0.5) is 4.39 Å². The summed E-state index contributed by atoms with van der Waals surface area (Å²) in [5.74, 6) is -1.54. The van der Waals surface area contributed by atoms with Crippen molar-refractivity contribution in [2.75, 3.05) is 0 Å². The van der Waals surface area contributed by atoms with Crippen LogP contribution in [0.25, 0.3) is 11.4 Å². The van der Waals surface area contributed by atoms with E-state index < -0.39 is 30.4 Å². The van der Waals surface area contributed by atoms with Crippen LogP contribution in [0.2, 0.25) is 0 Å². The molecular weight excluding hydrogens is 477 g/mol. The van der Waals surface area contributed by atoms with Gasteiger partial charge in [0, 0.05) is 12.1 Å². The fourth-order valence-electron chi connectivity index (χ4n) is 4.35. The van der Waals surface area contributed by atoms with Crippen LogP contribution in [0.15, 0.2) is 54.6 Å². The molecule has 0 aliphatic heterocycles. The number of amides is 1. The Hall–Kier alpha value is -3.56. The van der Waals surface area contributed by atoms with E-state index in [2.05, 4.69) is 10.3 Å². The maximum Gasteiger partial charge on any atom is 0.305 e. The molecular formula is C28H34FN3O5. The number of carbonyl (C=O) groups excluding carboxylic acids is 1. The van der Waals surface area contributed by atoms with E-state index in [0.717, 1.165) is 5.56 Å². The smallest absolute Gasteiger partial charge is 0.305 e. The minimum absolute atomic E-state index is 0.0914. The molecule has 4 N–H and O–H groups in total. The molecule has 1 heterocycles. The molecule has 198 valence electrons. The lowest BCUT2D eigenvalue weighted by Gasteiger charge is -2.19. The number of nitrogens with one attached hydrogen (secondary N) is 1. The van der Waals surface area contributed by atoms with E-state index in [4.69, 9.17) is 5.11 Å². The van der Waals surface area contributed by atoms with Crippen molar-refractivity contribution in [2.24, 2.45) is 0 Å². The van der Waals surface area contributed by atoms with Gasteiger partial charge in [0.15, 0.2) is 0 Å². The van der Waals surface area contributed by atoms with E-state index in [1.54, 1.807) is 12.1 Å². The first-order chi connectivity index (χ1) is 17.6. The molecule has 2 aromatic carbocycles. The van der Waals surface area contributed by atoms with Gasteiger partial charge in [0.1, 0.15) is 17.3 Å². The number of benzene rings is 2. The summed E-state index contributed by atoms with van der Waals surface area (Å²) in [6.45, 7) is 6.02. The normalized spacial score (nSPS) is 13.8. The first-order valence-electron chi connectivity index (χ1n) is 12.4. The third kappa shape index (κ3) is 7.47. The minimum Gasteiger partial charge on any atom is -0.481 e. The van der Waals surface area contributed by atoms with Crippen molar-refractivity contribution in [3.8, 4) is 11.4 Å². The third-order valence-corrected chi connectivity index (χ3v) is 6.16. The Morgan fingerprint density at radius 1 is 1.00 bits per heavy atom. The Bertz CT molecular complexity index is 1190. The van der Waals surface area contributed by atoms with Crippen molar-refractivity contribution in [3.05, 3.63) is 77.4 Å². The molecule has 0 bridgehead atoms. The van der Waals surface area contributed by atoms with Crippen LogP contribution in [-0.2, 0) is 11.3 Å². The Morgan fingerprint density at radius 2 is 1.65 bits per heavy atom. The average molecular weight is 512 g/mol. The standard InChI is InChI=1S/C28H34FN3O5/c1-17(2)26-25(28(37)30-18(3)19-7-5-4-6-8-19)31-27(20-9-11-21(29)12-10-20)32(26)14-13-22(33)15-23(34)16-24(35)36/h4-12,17-18,22-23,33-34H,13-16H2,1-3H3,(H,30,37)(H,35,36)/t18-,22+,23+/m0/s1. The zero-order chi connectivity index (χ0) is 27.1. The second-order valence-electron chi connectivity index (χ2n) is 9.52. The average Bonchev–Trinajstić information content (AvgIpc) is 3.23. The number of hydrogen-bond donors (Lipinski definition) is 4. The summed E-state index contributed by atoms with van der Waals surface area (Å²) in [6.07, 6.45) is -2.48. The second-order valence-corrected chi connectivity index (χ2v) is 9.52. The number of nitrogens with zero attached hydrogens (tertiary/aromatic N) is 2. The van der Waals surface area contributed by atoms with Crippen molar-refractivity contribution in [1.29, 1.82) is 0 Å². The molecule has 37 heavy (non-hydrogen) atoms. The number of aliphatic hydroxyl groups is 2. The number of carbonyl (C=O) groups is 2. The molecule has 0 saturated carbocycles. The van der Waals surface area contributed by atoms with Gasteiger partial charge >= 0.3 is 5.97 Å². The highest BCUT2D eigenvalue weighted by molar-refractivity contribution is 5.94. The maximum atomic E-state index is 13.6. The molecule has 9 heteroatoms. The van der Waals surface area contributed by atoms with Gasteiger partial charge in [-0.25, -0.2) is 9.37 Å². The summed E-state index contributed by atoms with van der Waals surface area (Å²) in [5, 5.41) is 32.2. The first kappa shape index (κ1) is 28.0. The summed E-state index contributed by atoms with van der Waals surface area (Å²) < 4.78 is 15.5. The number of aliphatic hydroxyl groups excluding tert-OH is 2. The van der Waals surface area contributed by atoms with E-state index in [-0.39, 0.29) is 42.9 Å². The molecule has 8 nitrogen and oxygen atoms in total. The number of carboxylic acid groups (broad SMARTS) is 1. The van der Waals surface area contributed by atoms with Gasteiger partial charge in [0.05, 0.1) is 30.4 Å². The molecule has 3 rings (SSSR count). The zero-order valence-electron chi connectivity index (χ0n) is 21.3. The number of carboxylic acids is 1. The van der Waals surface area contributed by atoms with Crippen LogP contribution in [-0.4, -0.2) is 49.0 Å². The molecule has 0 spiro atoms. The lowest BCUT2D eigenvalue weighted by atomic mass is 10.0. The zero-order valence-corrected chi connectivity index (χ0v) is 21.3. The molecule has 3 aromatic rings. The van der Waals surface area contributed by atoms with E-state index in [9.17, 15) is 24.2 Å². The van der Waals surface area contributed by atoms with Crippen molar-refractivity contribution in [2.45, 2.75) is 70.7 Å². The fourth-order valence-corrected chi connectivity index (χ4v) is 4.35. The third-order valence-electron chi connectivity index (χ3n) is 6.16. The van der Waals surface area contributed by atoms with Gasteiger partial charge in [-0.15, -0.1) is 0 Å². The molecule has 3 atom stereocenters. The number of hydrogen-bond acceptors (Lipinski definition) is 5. The van der Waals surface area contributed by atoms with Gasteiger partial charge in [-0.1, -0.05) is 44.2 Å². The topological polar surface area (TPSA) is 125 Å². The number of rotatable bonds is 12. The molecule has 0 aliphatic rings. The van der Waals surface area contributed by atoms with Crippen molar-refractivity contribution < 1.29 is 29.3 Å². The Balaban J connectivity index is 1.94. The van der Waals surface area contributed by atoms with E-state index in [1.807, 2.05) is 55.7 Å². The van der Waals surface area contributed by atoms with E-state index >= 15 is 0 Å². The highest BCUT2D eigenvalue weighted by atomic mass is 19.1. The monoisotopic (exact) mass is 511 g/mol. The summed E-state index contributed by atoms with van der Waals surface area (Å²) in [7, 11) is 0. The van der Waals surface area contributed by atoms with Crippen LogP contribution in [0.5, 0.6) is 0 Å². The summed E-state index contributed by atoms with van der Waals surface area (Å²) in [4.78, 5) is 28.9. The SMILES string of the molecule is CC(C)c1c(C(=O)N[C@@H](C)c2ccccc2)nc(-c2ccc(F)cc2)n1CC[C@@H](O)C[C@@H](O)CC(=O)O. The van der Waals surface area contributed by atoms with Gasteiger partial charge in [-0.2, -0.15) is 0 Å². The Morgan fingerprint density at radius 3 is 2.24 bits per heavy atom. The minimum atomic E-state index is -1.17. The summed E-state index contributed by atoms with van der Waals surface area (Å²) >= 11 is 0. The van der Waals surface area contributed by atoms with Crippen LogP contribution < -0.4 is 5.32 Å². The maximum absolute atomic E-state index is 13.6. The highest BCUT2D eigenvalue weighted by Gasteiger charge is 2.27. The van der Waals surface area contributed by atoms with Gasteiger partial charge in [-0.3, -0.25) is 9.59 Å². The lowest BCUT2D eigenvalue weighted by Crippen LogP contribution is -2.28. The summed E-state index contributed by atoms with van der Waals surface area (Å²) in [5.41, 5.74) is 2.47. The van der Waals surface area contributed by atoms with Crippen LogP contribution in [0.3, 0.4) is 0 Å². The van der Waals surface area contributed by atoms with Crippen molar-refractivity contribution >= 4 is 11.9 Å². The highest BCUT2D eigenvalue weighted by Crippen LogP contribution is 2.29. The molecule has 1 amide bonds. The van der Waals surface area contributed by atoms with Crippen LogP contribution in [0, 0.1) is 5.82 Å². The number of aromatic nitrogens is 2. The fraction of sp³-hybridized carbons (Fsp3) is 0.393. The number of aliphatic carboxylic acids is 1. The van der Waals surface area contributed by atoms with Crippen LogP contribution >= 0.6 is 0 Å². The first-order valence-corrected chi connectivity index (χ1v) is 12.4. The predicted octanol–water partition coefficient (Wildman–Crippen LogP) is 4.28. The van der Waals surface area contributed by atoms with Gasteiger partial charge in [-0.05, 0) is 55.5 Å². The molecule has 0 fully saturated rings. The Kier molecular flexibility index (Phi) is 9.54. The molecule has 1 aromatic heterocycles. The molecule has 0 unspecified atom stereocenters. The summed E-state index contributed by atoms with van der Waals surface area (Å²) in [6, 6.07) is 15.1. The molecule has 0 saturated heterocycles. The quantitative estimate of drug-likeness (QED) is 0.288. The Labute approximate surface area is 215 Å². The second kappa shape index (κ2) is 12.6. The van der Waals surface area contributed by atoms with Gasteiger partial charge < -0.3 is 25.2 Å². The largest absolute Gasteiger partial charge is 0.481 e. The number of imidazole rings is 1. The lowest BCUT2D eigenvalue weighted by molar-refractivity contribution is -0.139. The van der Waals surface area contributed by atoms with Gasteiger partial charge in [0.2, 0.25) is 0 Å². The number of halogens is 1.